The summed E-state index contributed by atoms with van der Waals surface area (Å²) in [7, 11) is 1.96. The van der Waals surface area contributed by atoms with Gasteiger partial charge < -0.3 is 5.32 Å². The summed E-state index contributed by atoms with van der Waals surface area (Å²) in [5, 5.41) is 3.27. The van der Waals surface area contributed by atoms with Crippen LogP contribution in [0.2, 0.25) is 0 Å². The molecule has 1 unspecified atom stereocenters. The van der Waals surface area contributed by atoms with Crippen LogP contribution in [0, 0.1) is 0 Å². The second-order valence-electron chi connectivity index (χ2n) is 3.27. The highest BCUT2D eigenvalue weighted by Crippen LogP contribution is 2.17. The van der Waals surface area contributed by atoms with Crippen molar-refractivity contribution >= 4 is 11.3 Å². The van der Waals surface area contributed by atoms with Gasteiger partial charge in [-0.3, -0.25) is 9.97 Å². The van der Waals surface area contributed by atoms with E-state index in [1.165, 1.54) is 4.88 Å². The molecule has 1 atom stereocenters. The van der Waals surface area contributed by atoms with Crippen molar-refractivity contribution in [2.45, 2.75) is 12.5 Å². The summed E-state index contributed by atoms with van der Waals surface area (Å²) >= 11 is 1.68. The van der Waals surface area contributed by atoms with E-state index in [4.69, 9.17) is 0 Å². The zero-order valence-corrected chi connectivity index (χ0v) is 9.37. The lowest BCUT2D eigenvalue weighted by Gasteiger charge is -2.13. The van der Waals surface area contributed by atoms with Gasteiger partial charge in [-0.1, -0.05) is 6.07 Å². The van der Waals surface area contributed by atoms with Crippen LogP contribution in [0.1, 0.15) is 16.6 Å². The van der Waals surface area contributed by atoms with Gasteiger partial charge in [0, 0.05) is 23.7 Å². The molecule has 2 rings (SSSR count). The summed E-state index contributed by atoms with van der Waals surface area (Å²) in [6.45, 7) is 0. The van der Waals surface area contributed by atoms with E-state index in [9.17, 15) is 0 Å². The number of aromatic nitrogens is 2. The molecule has 78 valence electrons. The molecule has 2 aromatic heterocycles. The average molecular weight is 219 g/mol. The molecule has 0 saturated heterocycles. The number of nitrogens with zero attached hydrogens (tertiary/aromatic N) is 2. The molecule has 0 aliphatic heterocycles. The van der Waals surface area contributed by atoms with E-state index in [1.807, 2.05) is 43.2 Å². The van der Waals surface area contributed by atoms with Gasteiger partial charge >= 0.3 is 0 Å². The molecule has 2 heterocycles. The fourth-order valence-corrected chi connectivity index (χ4v) is 2.12. The van der Waals surface area contributed by atoms with Crippen LogP contribution in [-0.2, 0) is 6.42 Å². The van der Waals surface area contributed by atoms with Crippen LogP contribution < -0.4 is 5.32 Å². The number of hydrogen-bond donors (Lipinski definition) is 1. The summed E-state index contributed by atoms with van der Waals surface area (Å²) in [6.07, 6.45) is 4.68. The molecule has 15 heavy (non-hydrogen) atoms. The Labute approximate surface area is 93.2 Å². The maximum Gasteiger partial charge on any atom is 0.0794 e. The molecule has 4 heteroatoms. The Morgan fingerprint density at radius 1 is 1.47 bits per heavy atom. The number of rotatable bonds is 4. The fourth-order valence-electron chi connectivity index (χ4n) is 1.48. The van der Waals surface area contributed by atoms with Crippen LogP contribution >= 0.6 is 11.3 Å². The summed E-state index contributed by atoms with van der Waals surface area (Å²) < 4.78 is 0. The summed E-state index contributed by atoms with van der Waals surface area (Å²) in [4.78, 5) is 9.70. The van der Waals surface area contributed by atoms with Crippen molar-refractivity contribution in [2.24, 2.45) is 0 Å². The van der Waals surface area contributed by atoms with Crippen LogP contribution in [0.25, 0.3) is 0 Å². The predicted octanol–water partition coefficient (Wildman–Crippen LogP) is 2.04. The van der Waals surface area contributed by atoms with Gasteiger partial charge in [0.2, 0.25) is 0 Å². The highest BCUT2D eigenvalue weighted by atomic mass is 32.1. The summed E-state index contributed by atoms with van der Waals surface area (Å²) in [5.74, 6) is 0. The van der Waals surface area contributed by atoms with E-state index in [0.717, 1.165) is 12.1 Å². The Bertz CT molecular complexity index is 385. The van der Waals surface area contributed by atoms with E-state index >= 15 is 0 Å². The molecule has 0 aliphatic rings. The Morgan fingerprint density at radius 3 is 3.00 bits per heavy atom. The molecule has 1 N–H and O–H groups in total. The molecule has 0 bridgehead atoms. The van der Waals surface area contributed by atoms with Crippen molar-refractivity contribution in [3.63, 3.8) is 0 Å². The van der Waals surface area contributed by atoms with Gasteiger partial charge in [0.25, 0.3) is 0 Å². The minimum Gasteiger partial charge on any atom is -0.311 e. The maximum absolute atomic E-state index is 4.35. The third-order valence-electron chi connectivity index (χ3n) is 2.28. The van der Waals surface area contributed by atoms with Crippen LogP contribution in [0.15, 0.2) is 36.1 Å². The number of hydrogen-bond acceptors (Lipinski definition) is 4. The first-order chi connectivity index (χ1) is 7.40. The lowest BCUT2D eigenvalue weighted by molar-refractivity contribution is 0.580. The number of likely N-dealkylation sites (N-methyl/N-ethyl adjacent to an activating group) is 1. The van der Waals surface area contributed by atoms with Gasteiger partial charge in [0.1, 0.15) is 0 Å². The Balaban J connectivity index is 2.12. The highest BCUT2D eigenvalue weighted by molar-refractivity contribution is 7.09. The smallest absolute Gasteiger partial charge is 0.0794 e. The molecule has 0 fully saturated rings. The molecular formula is C11H13N3S. The van der Waals surface area contributed by atoms with Gasteiger partial charge in [-0.2, -0.15) is 0 Å². The maximum atomic E-state index is 4.35. The SMILES string of the molecule is CNC(Cc1cncs1)c1ccccn1. The first-order valence-corrected chi connectivity index (χ1v) is 5.73. The molecule has 0 aromatic carbocycles. The Kier molecular flexibility index (Phi) is 3.42. The zero-order chi connectivity index (χ0) is 10.5. The Hall–Kier alpha value is -1.26. The van der Waals surface area contributed by atoms with Gasteiger partial charge in [-0.05, 0) is 19.2 Å². The monoisotopic (exact) mass is 219 g/mol. The minimum atomic E-state index is 0.270. The second kappa shape index (κ2) is 5.00. The van der Waals surface area contributed by atoms with Crippen molar-refractivity contribution < 1.29 is 0 Å². The quantitative estimate of drug-likeness (QED) is 0.855. The van der Waals surface area contributed by atoms with Crippen molar-refractivity contribution in [2.75, 3.05) is 7.05 Å². The van der Waals surface area contributed by atoms with E-state index in [2.05, 4.69) is 15.3 Å². The van der Waals surface area contributed by atoms with E-state index in [-0.39, 0.29) is 6.04 Å². The number of nitrogens with one attached hydrogen (secondary N) is 1. The van der Waals surface area contributed by atoms with Gasteiger partial charge in [0.05, 0.1) is 17.2 Å². The molecular weight excluding hydrogens is 206 g/mol. The summed E-state index contributed by atoms with van der Waals surface area (Å²) in [5.41, 5.74) is 2.94. The molecule has 0 aliphatic carbocycles. The van der Waals surface area contributed by atoms with E-state index in [0.29, 0.717) is 0 Å². The normalized spacial score (nSPS) is 12.6. The lowest BCUT2D eigenvalue weighted by Crippen LogP contribution is -2.19. The van der Waals surface area contributed by atoms with Gasteiger partial charge in [-0.15, -0.1) is 11.3 Å². The topological polar surface area (TPSA) is 37.8 Å². The van der Waals surface area contributed by atoms with Crippen LogP contribution in [0.5, 0.6) is 0 Å². The molecule has 0 saturated carbocycles. The first kappa shape index (κ1) is 10.3. The third kappa shape index (κ3) is 2.61. The van der Waals surface area contributed by atoms with E-state index < -0.39 is 0 Å². The number of thiazole rings is 1. The van der Waals surface area contributed by atoms with Crippen LogP contribution in [-0.4, -0.2) is 17.0 Å². The van der Waals surface area contributed by atoms with Crippen molar-refractivity contribution in [3.8, 4) is 0 Å². The lowest BCUT2D eigenvalue weighted by atomic mass is 10.1. The van der Waals surface area contributed by atoms with Crippen molar-refractivity contribution in [3.05, 3.63) is 46.7 Å². The third-order valence-corrected chi connectivity index (χ3v) is 3.08. The average Bonchev–Trinajstić information content (AvgIpc) is 2.80. The largest absolute Gasteiger partial charge is 0.311 e. The van der Waals surface area contributed by atoms with Crippen molar-refractivity contribution in [1.82, 2.24) is 15.3 Å². The molecule has 2 aromatic rings. The predicted molar refractivity (Wildman–Crippen MR) is 61.9 cm³/mol. The van der Waals surface area contributed by atoms with Crippen LogP contribution in [0.3, 0.4) is 0 Å². The fraction of sp³-hybridized carbons (Fsp3) is 0.273. The zero-order valence-electron chi connectivity index (χ0n) is 8.55. The van der Waals surface area contributed by atoms with Gasteiger partial charge in [0.15, 0.2) is 0 Å². The first-order valence-electron chi connectivity index (χ1n) is 4.85. The van der Waals surface area contributed by atoms with Crippen LogP contribution in [0.4, 0.5) is 0 Å². The molecule has 0 amide bonds. The Morgan fingerprint density at radius 2 is 2.40 bits per heavy atom. The standard InChI is InChI=1S/C11H13N3S/c1-12-11(6-9-7-13-8-15-9)10-4-2-3-5-14-10/h2-5,7-8,11-12H,6H2,1H3. The molecule has 0 spiro atoms. The second-order valence-corrected chi connectivity index (χ2v) is 4.24. The summed E-state index contributed by atoms with van der Waals surface area (Å²) in [6, 6.07) is 6.26. The minimum absolute atomic E-state index is 0.270. The van der Waals surface area contributed by atoms with E-state index in [1.54, 1.807) is 11.3 Å². The van der Waals surface area contributed by atoms with Gasteiger partial charge in [-0.25, -0.2) is 0 Å². The molecule has 0 radical (unpaired) electrons. The molecule has 3 nitrogen and oxygen atoms in total. The number of pyridine rings is 1. The van der Waals surface area contributed by atoms with Crippen molar-refractivity contribution in [1.29, 1.82) is 0 Å². The highest BCUT2D eigenvalue weighted by Gasteiger charge is 2.11.